The second-order valence-corrected chi connectivity index (χ2v) is 7.31. The highest BCUT2D eigenvalue weighted by Gasteiger charge is 2.34. The number of nitrogens with zero attached hydrogens (tertiary/aromatic N) is 2. The van der Waals surface area contributed by atoms with Gasteiger partial charge in [-0.1, -0.05) is 30.3 Å². The SMILES string of the molecule is O=C(O)CC(NC(=O)C(c1ccccc1)N1CCCCC1=O)c1nccs1. The van der Waals surface area contributed by atoms with Crippen LogP contribution in [0.25, 0.3) is 0 Å². The number of aromatic nitrogens is 1. The van der Waals surface area contributed by atoms with E-state index in [2.05, 4.69) is 10.3 Å². The molecule has 7 nitrogen and oxygen atoms in total. The molecule has 1 fully saturated rings. The molecule has 2 unspecified atom stereocenters. The zero-order valence-corrected chi connectivity index (χ0v) is 15.5. The predicted molar refractivity (Wildman–Crippen MR) is 100.0 cm³/mol. The smallest absolute Gasteiger partial charge is 0.305 e. The Morgan fingerprint density at radius 2 is 2.04 bits per heavy atom. The van der Waals surface area contributed by atoms with Crippen LogP contribution in [0.1, 0.15) is 48.3 Å². The van der Waals surface area contributed by atoms with E-state index in [9.17, 15) is 19.5 Å². The number of piperidine rings is 1. The maximum absolute atomic E-state index is 13.2. The summed E-state index contributed by atoms with van der Waals surface area (Å²) >= 11 is 1.29. The lowest BCUT2D eigenvalue weighted by molar-refractivity contribution is -0.143. The minimum Gasteiger partial charge on any atom is -0.481 e. The summed E-state index contributed by atoms with van der Waals surface area (Å²) in [6.45, 7) is 0.507. The summed E-state index contributed by atoms with van der Waals surface area (Å²) in [6.07, 6.45) is 3.38. The van der Waals surface area contributed by atoms with Gasteiger partial charge in [0.2, 0.25) is 11.8 Å². The molecular weight excluding hydrogens is 366 g/mol. The first-order valence-electron chi connectivity index (χ1n) is 8.82. The van der Waals surface area contributed by atoms with Crippen LogP contribution in [-0.2, 0) is 14.4 Å². The lowest BCUT2D eigenvalue weighted by Gasteiger charge is -2.34. The molecule has 0 radical (unpaired) electrons. The van der Waals surface area contributed by atoms with Gasteiger partial charge in [-0.2, -0.15) is 0 Å². The largest absolute Gasteiger partial charge is 0.481 e. The first-order chi connectivity index (χ1) is 13.1. The van der Waals surface area contributed by atoms with E-state index >= 15 is 0 Å². The number of carbonyl (C=O) groups excluding carboxylic acids is 2. The fourth-order valence-electron chi connectivity index (χ4n) is 3.24. The number of carboxylic acid groups (broad SMARTS) is 1. The van der Waals surface area contributed by atoms with Crippen LogP contribution in [0.4, 0.5) is 0 Å². The molecule has 0 spiro atoms. The Bertz CT molecular complexity index is 795. The van der Waals surface area contributed by atoms with Gasteiger partial charge in [-0.05, 0) is 18.4 Å². The third kappa shape index (κ3) is 4.71. The van der Waals surface area contributed by atoms with Crippen LogP contribution in [0, 0.1) is 0 Å². The number of carbonyl (C=O) groups is 3. The highest BCUT2D eigenvalue weighted by atomic mass is 32.1. The van der Waals surface area contributed by atoms with E-state index in [1.54, 1.807) is 16.5 Å². The number of rotatable bonds is 7. The lowest BCUT2D eigenvalue weighted by Crippen LogP contribution is -2.46. The van der Waals surface area contributed by atoms with Crippen LogP contribution in [0.3, 0.4) is 0 Å². The molecule has 27 heavy (non-hydrogen) atoms. The maximum Gasteiger partial charge on any atom is 0.305 e. The van der Waals surface area contributed by atoms with Gasteiger partial charge in [-0.3, -0.25) is 14.4 Å². The predicted octanol–water partition coefficient (Wildman–Crippen LogP) is 2.53. The van der Waals surface area contributed by atoms with Crippen molar-refractivity contribution in [1.82, 2.24) is 15.2 Å². The van der Waals surface area contributed by atoms with Crippen LogP contribution < -0.4 is 5.32 Å². The van der Waals surface area contributed by atoms with Crippen molar-refractivity contribution in [2.75, 3.05) is 6.54 Å². The maximum atomic E-state index is 13.2. The molecule has 142 valence electrons. The molecule has 2 N–H and O–H groups in total. The van der Waals surface area contributed by atoms with Crippen LogP contribution in [0.5, 0.6) is 0 Å². The van der Waals surface area contributed by atoms with E-state index < -0.39 is 24.0 Å². The number of benzene rings is 1. The average molecular weight is 387 g/mol. The van der Waals surface area contributed by atoms with Crippen molar-refractivity contribution in [3.63, 3.8) is 0 Å². The third-order valence-electron chi connectivity index (χ3n) is 4.48. The molecule has 1 aliphatic heterocycles. The summed E-state index contributed by atoms with van der Waals surface area (Å²) in [7, 11) is 0. The molecule has 2 amide bonds. The summed E-state index contributed by atoms with van der Waals surface area (Å²) in [5.41, 5.74) is 0.707. The number of hydrogen-bond donors (Lipinski definition) is 2. The second kappa shape index (κ2) is 8.77. The molecule has 1 saturated heterocycles. The van der Waals surface area contributed by atoms with Crippen molar-refractivity contribution in [3.8, 4) is 0 Å². The zero-order chi connectivity index (χ0) is 19.2. The molecule has 0 bridgehead atoms. The van der Waals surface area contributed by atoms with Gasteiger partial charge in [0, 0.05) is 24.5 Å². The molecule has 0 aliphatic carbocycles. The summed E-state index contributed by atoms with van der Waals surface area (Å²) in [5, 5.41) is 14.3. The Labute approximate surface area is 161 Å². The van der Waals surface area contributed by atoms with Gasteiger partial charge < -0.3 is 15.3 Å². The molecule has 3 rings (SSSR count). The molecule has 2 heterocycles. The molecule has 8 heteroatoms. The number of carboxylic acids is 1. The fourth-order valence-corrected chi connectivity index (χ4v) is 3.93. The van der Waals surface area contributed by atoms with Crippen LogP contribution >= 0.6 is 11.3 Å². The third-order valence-corrected chi connectivity index (χ3v) is 5.37. The number of amides is 2. The van der Waals surface area contributed by atoms with E-state index in [0.717, 1.165) is 12.8 Å². The summed E-state index contributed by atoms with van der Waals surface area (Å²) < 4.78 is 0. The lowest BCUT2D eigenvalue weighted by atomic mass is 10.00. The van der Waals surface area contributed by atoms with E-state index in [0.29, 0.717) is 23.5 Å². The fraction of sp³-hybridized carbons (Fsp3) is 0.368. The quantitative estimate of drug-likeness (QED) is 0.760. The van der Waals surface area contributed by atoms with Crippen molar-refractivity contribution in [2.45, 2.75) is 37.8 Å². The Kier molecular flexibility index (Phi) is 6.18. The zero-order valence-electron chi connectivity index (χ0n) is 14.7. The monoisotopic (exact) mass is 387 g/mol. The topological polar surface area (TPSA) is 99.6 Å². The highest BCUT2D eigenvalue weighted by molar-refractivity contribution is 7.09. The van der Waals surface area contributed by atoms with E-state index in [4.69, 9.17) is 0 Å². The first-order valence-corrected chi connectivity index (χ1v) is 9.70. The highest BCUT2D eigenvalue weighted by Crippen LogP contribution is 2.28. The minimum atomic E-state index is -1.03. The summed E-state index contributed by atoms with van der Waals surface area (Å²) in [6, 6.07) is 7.58. The van der Waals surface area contributed by atoms with Crippen LogP contribution in [0.15, 0.2) is 41.9 Å². The Morgan fingerprint density at radius 3 is 2.67 bits per heavy atom. The Balaban J connectivity index is 1.87. The number of nitrogens with one attached hydrogen (secondary N) is 1. The van der Waals surface area contributed by atoms with Gasteiger partial charge in [0.05, 0.1) is 12.5 Å². The van der Waals surface area contributed by atoms with E-state index in [1.807, 2.05) is 30.3 Å². The summed E-state index contributed by atoms with van der Waals surface area (Å²) in [4.78, 5) is 42.6. The Hall–Kier alpha value is -2.74. The van der Waals surface area contributed by atoms with Crippen molar-refractivity contribution < 1.29 is 19.5 Å². The second-order valence-electron chi connectivity index (χ2n) is 6.39. The normalized spacial score (nSPS) is 16.6. The molecule has 1 aromatic carbocycles. The van der Waals surface area contributed by atoms with Gasteiger partial charge in [-0.15, -0.1) is 11.3 Å². The molecule has 0 saturated carbocycles. The minimum absolute atomic E-state index is 0.0608. The standard InChI is InChI=1S/C19H21N3O4S/c23-15-8-4-5-10-22(15)17(13-6-2-1-3-7-13)18(26)21-14(12-16(24)25)19-20-9-11-27-19/h1-3,6-7,9,11,14,17H,4-5,8,10,12H2,(H,21,26)(H,24,25). The van der Waals surface area contributed by atoms with Crippen molar-refractivity contribution in [2.24, 2.45) is 0 Å². The number of aliphatic carboxylic acids is 1. The van der Waals surface area contributed by atoms with Gasteiger partial charge in [0.15, 0.2) is 0 Å². The molecular formula is C19H21N3O4S. The molecule has 1 aromatic heterocycles. The van der Waals surface area contributed by atoms with Crippen molar-refractivity contribution in [3.05, 3.63) is 52.5 Å². The number of likely N-dealkylation sites (tertiary alicyclic amines) is 1. The average Bonchev–Trinajstić information content (AvgIpc) is 3.18. The number of hydrogen-bond acceptors (Lipinski definition) is 5. The van der Waals surface area contributed by atoms with Gasteiger partial charge in [0.1, 0.15) is 11.0 Å². The van der Waals surface area contributed by atoms with Gasteiger partial charge in [0.25, 0.3) is 0 Å². The summed E-state index contributed by atoms with van der Waals surface area (Å²) in [5.74, 6) is -1.48. The van der Waals surface area contributed by atoms with Gasteiger partial charge >= 0.3 is 5.97 Å². The molecule has 2 aromatic rings. The van der Waals surface area contributed by atoms with Crippen molar-refractivity contribution in [1.29, 1.82) is 0 Å². The van der Waals surface area contributed by atoms with E-state index in [-0.39, 0.29) is 12.3 Å². The number of thiazole rings is 1. The molecule has 2 atom stereocenters. The van der Waals surface area contributed by atoms with Crippen molar-refractivity contribution >= 4 is 29.1 Å². The first kappa shape index (κ1) is 19.0. The molecule has 1 aliphatic rings. The van der Waals surface area contributed by atoms with Crippen LogP contribution in [0.2, 0.25) is 0 Å². The Morgan fingerprint density at radius 1 is 1.26 bits per heavy atom. The van der Waals surface area contributed by atoms with E-state index in [1.165, 1.54) is 11.3 Å². The van der Waals surface area contributed by atoms with Gasteiger partial charge in [-0.25, -0.2) is 4.98 Å². The van der Waals surface area contributed by atoms with Crippen LogP contribution in [-0.4, -0.2) is 39.3 Å².